The lowest BCUT2D eigenvalue weighted by Gasteiger charge is -2.18. The van der Waals surface area contributed by atoms with E-state index in [1.807, 2.05) is 20.0 Å². The Labute approximate surface area is 169 Å². The molecule has 1 aliphatic rings. The molecule has 0 saturated heterocycles. The second-order valence-corrected chi connectivity index (χ2v) is 6.80. The number of aromatic hydroxyl groups is 1. The molecule has 0 bridgehead atoms. The van der Waals surface area contributed by atoms with Gasteiger partial charge in [0.05, 0.1) is 11.4 Å². The molecular formula is C21H25N3O5. The van der Waals surface area contributed by atoms with Gasteiger partial charge < -0.3 is 20.1 Å². The second kappa shape index (κ2) is 8.83. The summed E-state index contributed by atoms with van der Waals surface area (Å²) in [5.74, 6) is -1.16. The summed E-state index contributed by atoms with van der Waals surface area (Å²) in [5, 5.41) is 23.1. The standard InChI is InChI=1S/C21H25N3O5/c1-3-14-11-24(15-5-7-16(25)8-6-15)29-19(14)9-10-20(26)22-18-13-23(4-2)12-17(18)21(27)28/h5-8,11-13,19,25H,3-4,9-10H2,1-2H3,(H,22,26)(H,27,28). The highest BCUT2D eigenvalue weighted by Gasteiger charge is 2.26. The summed E-state index contributed by atoms with van der Waals surface area (Å²) in [6.07, 6.45) is 6.24. The van der Waals surface area contributed by atoms with E-state index in [1.54, 1.807) is 40.1 Å². The van der Waals surface area contributed by atoms with Gasteiger partial charge in [0.15, 0.2) is 0 Å². The van der Waals surface area contributed by atoms with Crippen LogP contribution in [0.15, 0.2) is 48.4 Å². The van der Waals surface area contributed by atoms with Crippen LogP contribution in [0.2, 0.25) is 0 Å². The number of aryl methyl sites for hydroxylation is 1. The van der Waals surface area contributed by atoms with E-state index >= 15 is 0 Å². The van der Waals surface area contributed by atoms with E-state index in [9.17, 15) is 19.8 Å². The van der Waals surface area contributed by atoms with Gasteiger partial charge in [-0.3, -0.25) is 9.63 Å². The Morgan fingerprint density at radius 1 is 1.17 bits per heavy atom. The number of hydrogen-bond acceptors (Lipinski definition) is 5. The number of carboxylic acid groups (broad SMARTS) is 1. The van der Waals surface area contributed by atoms with Crippen LogP contribution in [0.3, 0.4) is 0 Å². The highest BCUT2D eigenvalue weighted by atomic mass is 16.7. The van der Waals surface area contributed by atoms with Crippen LogP contribution >= 0.6 is 0 Å². The number of phenols is 1. The Bertz CT molecular complexity index is 917. The van der Waals surface area contributed by atoms with E-state index in [0.717, 1.165) is 17.7 Å². The third-order valence-corrected chi connectivity index (χ3v) is 4.83. The number of anilines is 2. The van der Waals surface area contributed by atoms with Crippen molar-refractivity contribution in [1.29, 1.82) is 0 Å². The molecule has 1 aliphatic heterocycles. The monoisotopic (exact) mass is 399 g/mol. The molecule has 0 spiro atoms. The van der Waals surface area contributed by atoms with Gasteiger partial charge >= 0.3 is 5.97 Å². The fourth-order valence-electron chi connectivity index (χ4n) is 3.20. The smallest absolute Gasteiger partial charge is 0.339 e. The molecule has 1 unspecified atom stereocenters. The van der Waals surface area contributed by atoms with E-state index in [4.69, 9.17) is 4.84 Å². The van der Waals surface area contributed by atoms with Crippen molar-refractivity contribution in [3.8, 4) is 5.75 Å². The van der Waals surface area contributed by atoms with Gasteiger partial charge in [0, 0.05) is 31.6 Å². The zero-order valence-corrected chi connectivity index (χ0v) is 16.5. The van der Waals surface area contributed by atoms with Gasteiger partial charge in [0.25, 0.3) is 0 Å². The number of aromatic nitrogens is 1. The Morgan fingerprint density at radius 3 is 2.52 bits per heavy atom. The number of phenolic OH excluding ortho intramolecular Hbond substituents is 1. The van der Waals surface area contributed by atoms with Crippen LogP contribution in [0.1, 0.15) is 43.5 Å². The van der Waals surface area contributed by atoms with Crippen LogP contribution in [-0.2, 0) is 16.2 Å². The fraction of sp³-hybridized carbons (Fsp3) is 0.333. The van der Waals surface area contributed by atoms with Gasteiger partial charge in [0.2, 0.25) is 5.91 Å². The zero-order valence-electron chi connectivity index (χ0n) is 16.5. The summed E-state index contributed by atoms with van der Waals surface area (Å²) in [5.41, 5.74) is 2.22. The molecule has 1 aromatic heterocycles. The van der Waals surface area contributed by atoms with Crippen LogP contribution in [0, 0.1) is 0 Å². The minimum Gasteiger partial charge on any atom is -0.508 e. The number of nitrogens with one attached hydrogen (secondary N) is 1. The average Bonchev–Trinajstić information content (AvgIpc) is 3.30. The zero-order chi connectivity index (χ0) is 21.0. The van der Waals surface area contributed by atoms with E-state index in [-0.39, 0.29) is 29.7 Å². The lowest BCUT2D eigenvalue weighted by Crippen LogP contribution is -2.21. The van der Waals surface area contributed by atoms with Gasteiger partial charge in [-0.15, -0.1) is 0 Å². The molecule has 8 heteroatoms. The van der Waals surface area contributed by atoms with Gasteiger partial charge in [0.1, 0.15) is 17.4 Å². The topological polar surface area (TPSA) is 104 Å². The van der Waals surface area contributed by atoms with Crippen molar-refractivity contribution < 1.29 is 24.6 Å². The van der Waals surface area contributed by atoms with E-state index in [1.165, 1.54) is 6.20 Å². The first-order chi connectivity index (χ1) is 13.9. The molecule has 2 heterocycles. The Balaban J connectivity index is 1.60. The summed E-state index contributed by atoms with van der Waals surface area (Å²) in [6, 6.07) is 6.67. The summed E-state index contributed by atoms with van der Waals surface area (Å²) in [6.45, 7) is 4.53. The minimum atomic E-state index is -1.08. The molecular weight excluding hydrogens is 374 g/mol. The predicted molar refractivity (Wildman–Crippen MR) is 109 cm³/mol. The Kier molecular flexibility index (Phi) is 6.23. The van der Waals surface area contributed by atoms with E-state index in [2.05, 4.69) is 5.32 Å². The molecule has 0 aliphatic carbocycles. The maximum Gasteiger partial charge on any atom is 0.339 e. The molecule has 3 N–H and O–H groups in total. The third-order valence-electron chi connectivity index (χ3n) is 4.83. The van der Waals surface area contributed by atoms with Gasteiger partial charge in [-0.05, 0) is 49.6 Å². The number of amides is 1. The maximum absolute atomic E-state index is 12.4. The maximum atomic E-state index is 12.4. The lowest BCUT2D eigenvalue weighted by atomic mass is 10.0. The number of carboxylic acids is 1. The van der Waals surface area contributed by atoms with E-state index in [0.29, 0.717) is 18.7 Å². The molecule has 1 amide bonds. The van der Waals surface area contributed by atoms with Crippen LogP contribution in [0.25, 0.3) is 0 Å². The molecule has 154 valence electrons. The highest BCUT2D eigenvalue weighted by molar-refractivity contribution is 6.00. The Morgan fingerprint density at radius 2 is 1.90 bits per heavy atom. The molecule has 8 nitrogen and oxygen atoms in total. The highest BCUT2D eigenvalue weighted by Crippen LogP contribution is 2.30. The fourth-order valence-corrected chi connectivity index (χ4v) is 3.20. The number of aromatic carboxylic acids is 1. The number of carbonyl (C=O) groups excluding carboxylic acids is 1. The number of hydroxylamine groups is 1. The van der Waals surface area contributed by atoms with Crippen LogP contribution in [0.5, 0.6) is 5.75 Å². The number of nitrogens with zero attached hydrogens (tertiary/aromatic N) is 2. The van der Waals surface area contributed by atoms with Crippen LogP contribution in [0.4, 0.5) is 11.4 Å². The lowest BCUT2D eigenvalue weighted by molar-refractivity contribution is -0.116. The summed E-state index contributed by atoms with van der Waals surface area (Å²) in [7, 11) is 0. The molecule has 0 saturated carbocycles. The summed E-state index contributed by atoms with van der Waals surface area (Å²) < 4.78 is 1.71. The van der Waals surface area contributed by atoms with Crippen molar-refractivity contribution >= 4 is 23.3 Å². The molecule has 2 aromatic rings. The molecule has 1 atom stereocenters. The van der Waals surface area contributed by atoms with Gasteiger partial charge in [-0.2, -0.15) is 0 Å². The number of benzene rings is 1. The van der Waals surface area contributed by atoms with Gasteiger partial charge in [-0.1, -0.05) is 6.92 Å². The normalized spacial score (nSPS) is 16.0. The first kappa shape index (κ1) is 20.5. The second-order valence-electron chi connectivity index (χ2n) is 6.80. The quantitative estimate of drug-likeness (QED) is 0.625. The SMILES string of the molecule is CCC1=CN(c2ccc(O)cc2)OC1CCC(=O)Nc1cn(CC)cc1C(=O)O. The largest absolute Gasteiger partial charge is 0.508 e. The van der Waals surface area contributed by atoms with Crippen molar-refractivity contribution in [3.63, 3.8) is 0 Å². The van der Waals surface area contributed by atoms with Crippen molar-refractivity contribution in [1.82, 2.24) is 4.57 Å². The predicted octanol–water partition coefficient (Wildman–Crippen LogP) is 3.74. The van der Waals surface area contributed by atoms with Crippen molar-refractivity contribution in [2.75, 3.05) is 10.4 Å². The first-order valence-electron chi connectivity index (χ1n) is 9.59. The van der Waals surface area contributed by atoms with Crippen molar-refractivity contribution in [2.24, 2.45) is 0 Å². The van der Waals surface area contributed by atoms with Crippen molar-refractivity contribution in [3.05, 3.63) is 54.0 Å². The Hall–Kier alpha value is -3.26. The van der Waals surface area contributed by atoms with Gasteiger partial charge in [-0.25, -0.2) is 9.86 Å². The molecule has 0 radical (unpaired) electrons. The van der Waals surface area contributed by atoms with Crippen LogP contribution < -0.4 is 10.4 Å². The summed E-state index contributed by atoms with van der Waals surface area (Å²) in [4.78, 5) is 29.7. The summed E-state index contributed by atoms with van der Waals surface area (Å²) >= 11 is 0. The number of hydrogen-bond donors (Lipinski definition) is 3. The minimum absolute atomic E-state index is 0.0740. The van der Waals surface area contributed by atoms with Crippen molar-refractivity contribution in [2.45, 2.75) is 45.8 Å². The number of rotatable bonds is 8. The first-order valence-corrected chi connectivity index (χ1v) is 9.59. The molecule has 0 fully saturated rings. The molecule has 3 rings (SSSR count). The number of carbonyl (C=O) groups is 2. The van der Waals surface area contributed by atoms with E-state index < -0.39 is 5.97 Å². The third kappa shape index (κ3) is 4.78. The average molecular weight is 399 g/mol. The molecule has 1 aromatic carbocycles. The molecule has 29 heavy (non-hydrogen) atoms. The van der Waals surface area contributed by atoms with Crippen LogP contribution in [-0.4, -0.2) is 32.8 Å².